The van der Waals surface area contributed by atoms with E-state index in [2.05, 4.69) is 55.5 Å². The Hall–Kier alpha value is -0.510. The molecule has 1 rings (SSSR count). The Labute approximate surface area is 110 Å². The third kappa shape index (κ3) is 5.57. The summed E-state index contributed by atoms with van der Waals surface area (Å²) in [5.74, 6) is 1.19. The lowest BCUT2D eigenvalue weighted by Crippen LogP contribution is -2.13. The fraction of sp³-hybridized carbons (Fsp3) is 0.571. The van der Waals surface area contributed by atoms with E-state index in [-0.39, 0.29) is 0 Å². The van der Waals surface area contributed by atoms with Gasteiger partial charge in [-0.15, -0.1) is 11.8 Å². The van der Waals surface area contributed by atoms with Crippen LogP contribution in [0.4, 0.5) is 0 Å². The Balaban J connectivity index is 2.43. The number of rotatable bonds is 7. The fourth-order valence-electron chi connectivity index (χ4n) is 1.61. The van der Waals surface area contributed by atoms with E-state index in [4.69, 9.17) is 0 Å². The van der Waals surface area contributed by atoms with Gasteiger partial charge in [0.05, 0.1) is 0 Å². The van der Waals surface area contributed by atoms with Crippen LogP contribution in [-0.4, -0.2) is 38.3 Å². The quantitative estimate of drug-likeness (QED) is 0.593. The normalized spacial score (nSPS) is 13.0. The molecule has 2 nitrogen and oxygen atoms in total. The van der Waals surface area contributed by atoms with Gasteiger partial charge in [-0.2, -0.15) is 0 Å². The van der Waals surface area contributed by atoms with Crippen LogP contribution in [0.2, 0.25) is 0 Å². The summed E-state index contributed by atoms with van der Waals surface area (Å²) in [6, 6.07) is 9.26. The van der Waals surface area contributed by atoms with E-state index in [1.54, 1.807) is 0 Å². The number of hydrogen-bond donors (Lipinski definition) is 1. The van der Waals surface area contributed by atoms with Crippen LogP contribution in [0, 0.1) is 0 Å². The molecule has 96 valence electrons. The molecule has 1 N–H and O–H groups in total. The molecule has 0 radical (unpaired) electrons. The van der Waals surface area contributed by atoms with Crippen LogP contribution in [0.3, 0.4) is 0 Å². The lowest BCUT2D eigenvalue weighted by Gasteiger charge is -2.12. The number of nitrogens with zero attached hydrogens (tertiary/aromatic N) is 1. The third-order valence-electron chi connectivity index (χ3n) is 2.81. The average molecular weight is 252 g/mol. The average Bonchev–Trinajstić information content (AvgIpc) is 2.34. The highest BCUT2D eigenvalue weighted by Crippen LogP contribution is 2.22. The van der Waals surface area contributed by atoms with E-state index in [0.717, 1.165) is 0 Å². The molecule has 0 aliphatic rings. The van der Waals surface area contributed by atoms with Crippen LogP contribution < -0.4 is 5.32 Å². The van der Waals surface area contributed by atoms with Crippen molar-refractivity contribution < 1.29 is 0 Å². The Morgan fingerprint density at radius 3 is 2.76 bits per heavy atom. The molecule has 1 aromatic rings. The molecule has 0 aliphatic carbocycles. The topological polar surface area (TPSA) is 15.3 Å². The molecule has 0 bridgehead atoms. The van der Waals surface area contributed by atoms with E-state index in [0.29, 0.717) is 6.04 Å². The molecule has 1 unspecified atom stereocenters. The molecule has 0 heterocycles. The highest BCUT2D eigenvalue weighted by atomic mass is 32.2. The van der Waals surface area contributed by atoms with Crippen LogP contribution in [0.15, 0.2) is 29.2 Å². The Morgan fingerprint density at radius 1 is 1.35 bits per heavy atom. The van der Waals surface area contributed by atoms with E-state index in [1.807, 2.05) is 18.8 Å². The zero-order valence-electron chi connectivity index (χ0n) is 11.4. The predicted molar refractivity (Wildman–Crippen MR) is 77.8 cm³/mol. The van der Waals surface area contributed by atoms with E-state index >= 15 is 0 Å². The van der Waals surface area contributed by atoms with Crippen LogP contribution >= 0.6 is 11.8 Å². The van der Waals surface area contributed by atoms with E-state index < -0.39 is 0 Å². The maximum Gasteiger partial charge on any atom is 0.0289 e. The van der Waals surface area contributed by atoms with Crippen molar-refractivity contribution in [1.82, 2.24) is 10.2 Å². The first-order chi connectivity index (χ1) is 8.13. The van der Waals surface area contributed by atoms with Crippen molar-refractivity contribution in [3.63, 3.8) is 0 Å². The lowest BCUT2D eigenvalue weighted by molar-refractivity contribution is 0.410. The summed E-state index contributed by atoms with van der Waals surface area (Å²) in [5.41, 5.74) is 1.37. The van der Waals surface area contributed by atoms with Gasteiger partial charge in [0, 0.05) is 10.9 Å². The third-order valence-corrected chi connectivity index (χ3v) is 3.89. The summed E-state index contributed by atoms with van der Waals surface area (Å²) in [7, 11) is 6.25. The second-order valence-electron chi connectivity index (χ2n) is 4.59. The van der Waals surface area contributed by atoms with Crippen molar-refractivity contribution in [3.05, 3.63) is 29.8 Å². The van der Waals surface area contributed by atoms with E-state index in [9.17, 15) is 0 Å². The van der Waals surface area contributed by atoms with Crippen LogP contribution in [-0.2, 0) is 0 Å². The molecular formula is C14H24N2S. The molecule has 0 saturated heterocycles. The summed E-state index contributed by atoms with van der Waals surface area (Å²) >= 11 is 1.95. The summed E-state index contributed by atoms with van der Waals surface area (Å²) in [6.45, 7) is 3.36. The first-order valence-corrected chi connectivity index (χ1v) is 7.17. The number of benzene rings is 1. The number of hydrogen-bond acceptors (Lipinski definition) is 3. The van der Waals surface area contributed by atoms with Crippen molar-refractivity contribution in [2.75, 3.05) is 33.4 Å². The largest absolute Gasteiger partial charge is 0.313 e. The molecule has 1 atom stereocenters. The summed E-state index contributed by atoms with van der Waals surface area (Å²) in [4.78, 5) is 3.61. The second-order valence-corrected chi connectivity index (χ2v) is 5.76. The van der Waals surface area contributed by atoms with Gasteiger partial charge in [0.1, 0.15) is 0 Å². The molecule has 0 amide bonds. The highest BCUT2D eigenvalue weighted by Gasteiger charge is 2.03. The molecule has 1 aromatic carbocycles. The minimum Gasteiger partial charge on any atom is -0.313 e. The SMILES string of the molecule is CNC(C)c1cccc(SCCCN(C)C)c1. The number of thioether (sulfide) groups is 1. The van der Waals surface area contributed by atoms with Gasteiger partial charge in [-0.25, -0.2) is 0 Å². The maximum atomic E-state index is 3.27. The van der Waals surface area contributed by atoms with Crippen molar-refractivity contribution in [3.8, 4) is 0 Å². The van der Waals surface area contributed by atoms with Crippen molar-refractivity contribution in [2.45, 2.75) is 24.3 Å². The van der Waals surface area contributed by atoms with Gasteiger partial charge in [0.2, 0.25) is 0 Å². The minimum absolute atomic E-state index is 0.428. The van der Waals surface area contributed by atoms with Gasteiger partial charge < -0.3 is 10.2 Å². The van der Waals surface area contributed by atoms with Gasteiger partial charge in [0.15, 0.2) is 0 Å². The number of nitrogens with one attached hydrogen (secondary N) is 1. The summed E-state index contributed by atoms with van der Waals surface area (Å²) < 4.78 is 0. The Kier molecular flexibility index (Phi) is 6.63. The zero-order chi connectivity index (χ0) is 12.7. The zero-order valence-corrected chi connectivity index (χ0v) is 12.2. The molecule has 0 spiro atoms. The summed E-state index contributed by atoms with van der Waals surface area (Å²) in [5, 5.41) is 3.27. The smallest absolute Gasteiger partial charge is 0.0289 e. The molecule has 0 saturated carbocycles. The molecule has 0 fully saturated rings. The second kappa shape index (κ2) is 7.75. The molecule has 0 aromatic heterocycles. The van der Waals surface area contributed by atoms with Gasteiger partial charge >= 0.3 is 0 Å². The lowest BCUT2D eigenvalue weighted by atomic mass is 10.1. The van der Waals surface area contributed by atoms with Crippen molar-refractivity contribution in [2.24, 2.45) is 0 Å². The minimum atomic E-state index is 0.428. The molecule has 3 heteroatoms. The van der Waals surface area contributed by atoms with Gasteiger partial charge in [0.25, 0.3) is 0 Å². The van der Waals surface area contributed by atoms with Gasteiger partial charge in [-0.05, 0) is 64.5 Å². The van der Waals surface area contributed by atoms with Crippen molar-refractivity contribution >= 4 is 11.8 Å². The molecule has 17 heavy (non-hydrogen) atoms. The Morgan fingerprint density at radius 2 is 2.12 bits per heavy atom. The summed E-state index contributed by atoms with van der Waals surface area (Å²) in [6.07, 6.45) is 1.24. The highest BCUT2D eigenvalue weighted by molar-refractivity contribution is 7.99. The van der Waals surface area contributed by atoms with Gasteiger partial charge in [-0.3, -0.25) is 0 Å². The first-order valence-electron chi connectivity index (χ1n) is 6.18. The first kappa shape index (κ1) is 14.6. The van der Waals surface area contributed by atoms with Crippen LogP contribution in [0.1, 0.15) is 24.9 Å². The molecular weight excluding hydrogens is 228 g/mol. The fourth-order valence-corrected chi connectivity index (χ4v) is 2.51. The van der Waals surface area contributed by atoms with Crippen molar-refractivity contribution in [1.29, 1.82) is 0 Å². The van der Waals surface area contributed by atoms with Crippen LogP contribution in [0.5, 0.6) is 0 Å². The predicted octanol–water partition coefficient (Wildman–Crippen LogP) is 3.01. The van der Waals surface area contributed by atoms with Gasteiger partial charge in [-0.1, -0.05) is 12.1 Å². The standard InChI is InChI=1S/C14H24N2S/c1-12(15-2)13-7-5-8-14(11-13)17-10-6-9-16(3)4/h5,7-8,11-12,15H,6,9-10H2,1-4H3. The Bertz CT molecular complexity index is 326. The molecule has 0 aliphatic heterocycles. The monoisotopic (exact) mass is 252 g/mol. The maximum absolute atomic E-state index is 3.27. The van der Waals surface area contributed by atoms with Crippen LogP contribution in [0.25, 0.3) is 0 Å². The van der Waals surface area contributed by atoms with E-state index in [1.165, 1.54) is 29.2 Å².